The molecule has 0 radical (unpaired) electrons. The highest BCUT2D eigenvalue weighted by molar-refractivity contribution is 5.76. The highest BCUT2D eigenvalue weighted by Gasteiger charge is 2.03. The van der Waals surface area contributed by atoms with Crippen molar-refractivity contribution in [3.8, 4) is 0 Å². The van der Waals surface area contributed by atoms with E-state index in [9.17, 15) is 9.59 Å². The van der Waals surface area contributed by atoms with Crippen molar-refractivity contribution in [2.24, 2.45) is 0 Å². The molecule has 1 aromatic rings. The third-order valence-electron chi connectivity index (χ3n) is 3.10. The second-order valence-electron chi connectivity index (χ2n) is 4.77. The molecular formula is C15H21NO3. The third-order valence-corrected chi connectivity index (χ3v) is 3.10. The fraction of sp³-hybridized carbons (Fsp3) is 0.467. The molecule has 0 bridgehead atoms. The van der Waals surface area contributed by atoms with Gasteiger partial charge >= 0.3 is 5.97 Å². The van der Waals surface area contributed by atoms with E-state index in [-0.39, 0.29) is 18.7 Å². The van der Waals surface area contributed by atoms with E-state index in [1.165, 1.54) is 16.7 Å². The molecule has 0 aliphatic rings. The lowest BCUT2D eigenvalue weighted by atomic mass is 10.0. The molecule has 1 amide bonds. The third kappa shape index (κ3) is 6.04. The molecule has 19 heavy (non-hydrogen) atoms. The fourth-order valence-electron chi connectivity index (χ4n) is 1.79. The molecule has 0 heterocycles. The first-order valence-corrected chi connectivity index (χ1v) is 6.53. The van der Waals surface area contributed by atoms with E-state index in [1.54, 1.807) is 0 Å². The van der Waals surface area contributed by atoms with Gasteiger partial charge < -0.3 is 10.4 Å². The number of rotatable bonds is 7. The Morgan fingerprint density at radius 2 is 1.89 bits per heavy atom. The molecule has 1 rings (SSSR count). The molecule has 0 aromatic heterocycles. The summed E-state index contributed by atoms with van der Waals surface area (Å²) in [6, 6.07) is 6.28. The minimum absolute atomic E-state index is 0.0462. The van der Waals surface area contributed by atoms with E-state index >= 15 is 0 Å². The summed E-state index contributed by atoms with van der Waals surface area (Å²) < 4.78 is 0. The molecule has 1 aromatic carbocycles. The summed E-state index contributed by atoms with van der Waals surface area (Å²) in [5.74, 6) is -0.937. The summed E-state index contributed by atoms with van der Waals surface area (Å²) in [7, 11) is 0. The van der Waals surface area contributed by atoms with Crippen LogP contribution in [0, 0.1) is 13.8 Å². The van der Waals surface area contributed by atoms with Gasteiger partial charge in [0.1, 0.15) is 0 Å². The van der Waals surface area contributed by atoms with Crippen molar-refractivity contribution in [1.82, 2.24) is 5.32 Å². The maximum atomic E-state index is 11.4. The highest BCUT2D eigenvalue weighted by atomic mass is 16.4. The van der Waals surface area contributed by atoms with Crippen molar-refractivity contribution in [3.05, 3.63) is 34.9 Å². The number of aliphatic carboxylic acids is 1. The molecule has 0 saturated carbocycles. The van der Waals surface area contributed by atoms with E-state index in [1.807, 2.05) is 0 Å². The largest absolute Gasteiger partial charge is 0.481 e. The van der Waals surface area contributed by atoms with Crippen LogP contribution in [0.4, 0.5) is 0 Å². The van der Waals surface area contributed by atoms with Crippen LogP contribution in [0.1, 0.15) is 36.0 Å². The Morgan fingerprint density at radius 3 is 2.53 bits per heavy atom. The van der Waals surface area contributed by atoms with Crippen molar-refractivity contribution >= 4 is 11.9 Å². The van der Waals surface area contributed by atoms with E-state index in [0.717, 1.165) is 6.42 Å². The summed E-state index contributed by atoms with van der Waals surface area (Å²) in [6.45, 7) is 4.74. The number of benzene rings is 1. The number of nitrogens with one attached hydrogen (secondary N) is 1. The molecule has 0 atom stereocenters. The monoisotopic (exact) mass is 263 g/mol. The van der Waals surface area contributed by atoms with Gasteiger partial charge in [0.15, 0.2) is 0 Å². The Morgan fingerprint density at radius 1 is 1.16 bits per heavy atom. The molecule has 0 spiro atoms. The van der Waals surface area contributed by atoms with Crippen LogP contribution >= 0.6 is 0 Å². The van der Waals surface area contributed by atoms with Crippen LogP contribution in [0.2, 0.25) is 0 Å². The summed E-state index contributed by atoms with van der Waals surface area (Å²) >= 11 is 0. The first kappa shape index (κ1) is 15.2. The zero-order valence-electron chi connectivity index (χ0n) is 11.5. The van der Waals surface area contributed by atoms with Gasteiger partial charge in [-0.15, -0.1) is 0 Å². The number of aryl methyl sites for hydroxylation is 2. The van der Waals surface area contributed by atoms with Crippen molar-refractivity contribution in [1.29, 1.82) is 0 Å². The van der Waals surface area contributed by atoms with Crippen LogP contribution in [-0.2, 0) is 16.0 Å². The van der Waals surface area contributed by atoms with Gasteiger partial charge in [-0.25, -0.2) is 0 Å². The van der Waals surface area contributed by atoms with E-state index in [2.05, 4.69) is 37.4 Å². The van der Waals surface area contributed by atoms with Crippen molar-refractivity contribution in [2.45, 2.75) is 39.5 Å². The van der Waals surface area contributed by atoms with Gasteiger partial charge in [0.25, 0.3) is 0 Å². The Balaban J connectivity index is 2.24. The first-order valence-electron chi connectivity index (χ1n) is 6.53. The van der Waals surface area contributed by atoms with Gasteiger partial charge in [0.2, 0.25) is 5.91 Å². The maximum absolute atomic E-state index is 11.4. The minimum Gasteiger partial charge on any atom is -0.481 e. The molecule has 104 valence electrons. The number of carbonyl (C=O) groups is 2. The molecule has 4 heteroatoms. The lowest BCUT2D eigenvalue weighted by Crippen LogP contribution is -2.25. The number of carboxylic acids is 1. The number of carbonyl (C=O) groups excluding carboxylic acids is 1. The zero-order valence-corrected chi connectivity index (χ0v) is 11.5. The number of hydrogen-bond acceptors (Lipinski definition) is 2. The lowest BCUT2D eigenvalue weighted by molar-refractivity contribution is -0.137. The first-order chi connectivity index (χ1) is 8.99. The van der Waals surface area contributed by atoms with Gasteiger partial charge in [-0.1, -0.05) is 18.2 Å². The zero-order chi connectivity index (χ0) is 14.3. The van der Waals surface area contributed by atoms with E-state index < -0.39 is 5.97 Å². The summed E-state index contributed by atoms with van der Waals surface area (Å²) in [5, 5.41) is 11.3. The molecule has 0 aliphatic heterocycles. The second-order valence-corrected chi connectivity index (χ2v) is 4.77. The predicted octanol–water partition coefficient (Wildman–Crippen LogP) is 2.22. The van der Waals surface area contributed by atoms with Crippen molar-refractivity contribution in [3.63, 3.8) is 0 Å². The van der Waals surface area contributed by atoms with Crippen molar-refractivity contribution in [2.75, 3.05) is 6.54 Å². The Labute approximate surface area is 113 Å². The van der Waals surface area contributed by atoms with E-state index in [0.29, 0.717) is 13.0 Å². The highest BCUT2D eigenvalue weighted by Crippen LogP contribution is 2.09. The average molecular weight is 263 g/mol. The molecule has 0 fully saturated rings. The molecule has 0 aliphatic carbocycles. The molecular weight excluding hydrogens is 242 g/mol. The maximum Gasteiger partial charge on any atom is 0.303 e. The number of amides is 1. The fourth-order valence-corrected chi connectivity index (χ4v) is 1.79. The summed E-state index contributed by atoms with van der Waals surface area (Å²) in [4.78, 5) is 21.7. The van der Waals surface area contributed by atoms with Gasteiger partial charge in [0.05, 0.1) is 0 Å². The Bertz CT molecular complexity index is 455. The molecule has 0 saturated heterocycles. The number of carboxylic acid groups (broad SMARTS) is 1. The topological polar surface area (TPSA) is 66.4 Å². The standard InChI is InChI=1S/C15H21NO3/c1-11-6-7-13(10-12(11)2)8-9-16-14(17)4-3-5-15(18)19/h6-7,10H,3-5,8-9H2,1-2H3,(H,16,17)(H,18,19). The lowest BCUT2D eigenvalue weighted by Gasteiger charge is -2.07. The van der Waals surface area contributed by atoms with Gasteiger partial charge in [-0.3, -0.25) is 9.59 Å². The normalized spacial score (nSPS) is 10.2. The summed E-state index contributed by atoms with van der Waals surface area (Å²) in [5.41, 5.74) is 3.72. The SMILES string of the molecule is Cc1ccc(CCNC(=O)CCCC(=O)O)cc1C. The van der Waals surface area contributed by atoms with Crippen LogP contribution in [0.15, 0.2) is 18.2 Å². The number of hydrogen-bond donors (Lipinski definition) is 2. The van der Waals surface area contributed by atoms with Gasteiger partial charge in [0, 0.05) is 19.4 Å². The quantitative estimate of drug-likeness (QED) is 0.792. The van der Waals surface area contributed by atoms with Gasteiger partial charge in [-0.05, 0) is 43.4 Å². The van der Waals surface area contributed by atoms with Crippen LogP contribution in [0.3, 0.4) is 0 Å². The molecule has 0 unspecified atom stereocenters. The van der Waals surface area contributed by atoms with Crippen LogP contribution in [0.5, 0.6) is 0 Å². The minimum atomic E-state index is -0.858. The van der Waals surface area contributed by atoms with Crippen LogP contribution in [-0.4, -0.2) is 23.5 Å². The second kappa shape index (κ2) is 7.56. The summed E-state index contributed by atoms with van der Waals surface area (Å²) in [6.07, 6.45) is 1.51. The van der Waals surface area contributed by atoms with Crippen molar-refractivity contribution < 1.29 is 14.7 Å². The average Bonchev–Trinajstić information content (AvgIpc) is 2.33. The molecule has 4 nitrogen and oxygen atoms in total. The smallest absolute Gasteiger partial charge is 0.303 e. The van der Waals surface area contributed by atoms with Gasteiger partial charge in [-0.2, -0.15) is 0 Å². The Hall–Kier alpha value is -1.84. The Kier molecular flexibility index (Phi) is 6.06. The van der Waals surface area contributed by atoms with Crippen LogP contribution < -0.4 is 5.32 Å². The predicted molar refractivity (Wildman–Crippen MR) is 74.1 cm³/mol. The molecule has 2 N–H and O–H groups in total. The van der Waals surface area contributed by atoms with Crippen LogP contribution in [0.25, 0.3) is 0 Å². The van der Waals surface area contributed by atoms with E-state index in [4.69, 9.17) is 5.11 Å².